The summed E-state index contributed by atoms with van der Waals surface area (Å²) in [5, 5.41) is 8.63. The highest BCUT2D eigenvalue weighted by Crippen LogP contribution is 2.43. The highest BCUT2D eigenvalue weighted by atomic mass is 16.3. The number of aromatic hydroxyl groups is 1. The van der Waals surface area contributed by atoms with Crippen LogP contribution in [0.15, 0.2) is 91.0 Å². The Morgan fingerprint density at radius 3 is 1.22 bits per heavy atom. The molecule has 1 fully saturated rings. The maximum absolute atomic E-state index is 8.63. The van der Waals surface area contributed by atoms with Crippen molar-refractivity contribution in [2.45, 2.75) is 50.4 Å². The number of benzene rings is 3. The van der Waals surface area contributed by atoms with Gasteiger partial charge in [-0.3, -0.25) is 0 Å². The van der Waals surface area contributed by atoms with Crippen LogP contribution in [0.3, 0.4) is 0 Å². The molecule has 4 rings (SSSR count). The summed E-state index contributed by atoms with van der Waals surface area (Å²) in [5.74, 6) is 0.322. The van der Waals surface area contributed by atoms with Gasteiger partial charge in [0.25, 0.3) is 0 Å². The zero-order chi connectivity index (χ0) is 18.8. The Hall–Kier alpha value is -2.54. The molecular formula is C26H30O. The molecule has 0 spiro atoms. The molecule has 1 aliphatic rings. The fraction of sp³-hybridized carbons (Fsp3) is 0.308. The molecule has 27 heavy (non-hydrogen) atoms. The first-order valence-corrected chi connectivity index (χ1v) is 10.2. The van der Waals surface area contributed by atoms with Crippen molar-refractivity contribution < 1.29 is 5.11 Å². The quantitative estimate of drug-likeness (QED) is 0.517. The molecule has 0 heterocycles. The van der Waals surface area contributed by atoms with Crippen LogP contribution in [0.25, 0.3) is 0 Å². The van der Waals surface area contributed by atoms with E-state index in [4.69, 9.17) is 5.11 Å². The summed E-state index contributed by atoms with van der Waals surface area (Å²) in [6.07, 6.45) is 9.48. The number of hydrogen-bond acceptors (Lipinski definition) is 1. The van der Waals surface area contributed by atoms with E-state index in [2.05, 4.69) is 60.7 Å². The van der Waals surface area contributed by atoms with E-state index in [0.717, 1.165) is 0 Å². The Balaban J connectivity index is 0.000000253. The van der Waals surface area contributed by atoms with Crippen LogP contribution in [-0.4, -0.2) is 5.11 Å². The Morgan fingerprint density at radius 2 is 0.852 bits per heavy atom. The van der Waals surface area contributed by atoms with Crippen molar-refractivity contribution in [3.63, 3.8) is 0 Å². The van der Waals surface area contributed by atoms with E-state index >= 15 is 0 Å². The fourth-order valence-corrected chi connectivity index (χ4v) is 4.20. The van der Waals surface area contributed by atoms with Gasteiger partial charge in [0.1, 0.15) is 5.75 Å². The molecule has 0 radical (unpaired) electrons. The maximum atomic E-state index is 8.63. The zero-order valence-corrected chi connectivity index (χ0v) is 16.1. The summed E-state index contributed by atoms with van der Waals surface area (Å²) in [5.41, 5.74) is 3.25. The number of phenols is 1. The lowest BCUT2D eigenvalue weighted by molar-refractivity contribution is 0.366. The summed E-state index contributed by atoms with van der Waals surface area (Å²) in [6, 6.07) is 31.1. The van der Waals surface area contributed by atoms with Gasteiger partial charge in [-0.1, -0.05) is 111 Å². The van der Waals surface area contributed by atoms with Crippen LogP contribution < -0.4 is 0 Å². The van der Waals surface area contributed by atoms with Crippen LogP contribution in [0.5, 0.6) is 5.75 Å². The molecule has 3 aromatic carbocycles. The van der Waals surface area contributed by atoms with Gasteiger partial charge in [0.2, 0.25) is 0 Å². The molecule has 0 aromatic heterocycles. The molecule has 1 nitrogen and oxygen atoms in total. The summed E-state index contributed by atoms with van der Waals surface area (Å²) >= 11 is 0. The van der Waals surface area contributed by atoms with Gasteiger partial charge in [-0.2, -0.15) is 0 Å². The number of hydrogen-bond donors (Lipinski definition) is 1. The topological polar surface area (TPSA) is 20.2 Å². The van der Waals surface area contributed by atoms with Crippen molar-refractivity contribution in [3.05, 3.63) is 102 Å². The molecule has 0 saturated heterocycles. The molecule has 0 aliphatic heterocycles. The SMILES string of the molecule is Oc1ccccc1.c1ccc(C2(c3ccccc3)CCCCCCC2)cc1. The largest absolute Gasteiger partial charge is 0.508 e. The fourth-order valence-electron chi connectivity index (χ4n) is 4.20. The van der Waals surface area contributed by atoms with E-state index in [1.807, 2.05) is 6.07 Å². The average Bonchev–Trinajstić information content (AvgIpc) is 2.71. The van der Waals surface area contributed by atoms with Crippen LogP contribution in [0, 0.1) is 0 Å². The lowest BCUT2D eigenvalue weighted by Gasteiger charge is -2.37. The van der Waals surface area contributed by atoms with Gasteiger partial charge in [0, 0.05) is 5.41 Å². The van der Waals surface area contributed by atoms with Crippen LogP contribution in [0.1, 0.15) is 56.1 Å². The highest BCUT2D eigenvalue weighted by Gasteiger charge is 2.33. The lowest BCUT2D eigenvalue weighted by Crippen LogP contribution is -2.28. The summed E-state index contributed by atoms with van der Waals surface area (Å²) < 4.78 is 0. The van der Waals surface area contributed by atoms with Crippen molar-refractivity contribution in [1.82, 2.24) is 0 Å². The molecule has 3 aromatic rings. The minimum atomic E-state index is 0.239. The molecule has 0 bridgehead atoms. The van der Waals surface area contributed by atoms with Gasteiger partial charge in [0.05, 0.1) is 0 Å². The van der Waals surface area contributed by atoms with Gasteiger partial charge in [-0.15, -0.1) is 0 Å². The third-order valence-electron chi connectivity index (χ3n) is 5.62. The normalized spacial score (nSPS) is 16.3. The molecule has 1 heteroatoms. The van der Waals surface area contributed by atoms with E-state index < -0.39 is 0 Å². The van der Waals surface area contributed by atoms with Gasteiger partial charge in [-0.05, 0) is 36.1 Å². The van der Waals surface area contributed by atoms with E-state index in [-0.39, 0.29) is 5.41 Å². The minimum absolute atomic E-state index is 0.239. The minimum Gasteiger partial charge on any atom is -0.508 e. The summed E-state index contributed by atoms with van der Waals surface area (Å²) in [6.45, 7) is 0. The smallest absolute Gasteiger partial charge is 0.115 e. The van der Waals surface area contributed by atoms with Crippen molar-refractivity contribution in [2.24, 2.45) is 0 Å². The Kier molecular flexibility index (Phi) is 7.10. The van der Waals surface area contributed by atoms with Gasteiger partial charge in [-0.25, -0.2) is 0 Å². The molecule has 0 atom stereocenters. The number of para-hydroxylation sites is 1. The Morgan fingerprint density at radius 1 is 0.481 bits per heavy atom. The molecule has 0 amide bonds. The first-order chi connectivity index (χ1) is 13.3. The van der Waals surface area contributed by atoms with E-state index in [9.17, 15) is 0 Å². The van der Waals surface area contributed by atoms with Gasteiger partial charge >= 0.3 is 0 Å². The second-order valence-corrected chi connectivity index (χ2v) is 7.42. The second kappa shape index (κ2) is 9.97. The summed E-state index contributed by atoms with van der Waals surface area (Å²) in [7, 11) is 0. The molecule has 1 saturated carbocycles. The molecular weight excluding hydrogens is 328 g/mol. The Labute approximate surface area is 163 Å². The van der Waals surface area contributed by atoms with Crippen molar-refractivity contribution in [1.29, 1.82) is 0 Å². The second-order valence-electron chi connectivity index (χ2n) is 7.42. The molecule has 1 N–H and O–H groups in total. The standard InChI is InChI=1S/C20H24.C6H6O/c1-2-10-16-20(17-11-3-1,18-12-6-4-7-13-18)19-14-8-5-9-15-19;7-6-4-2-1-3-5-6/h4-9,12-15H,1-3,10-11,16-17H2;1-5,7H. The van der Waals surface area contributed by atoms with Crippen molar-refractivity contribution in [3.8, 4) is 5.75 Å². The summed E-state index contributed by atoms with van der Waals surface area (Å²) in [4.78, 5) is 0. The van der Waals surface area contributed by atoms with Gasteiger partial charge < -0.3 is 5.11 Å². The van der Waals surface area contributed by atoms with Crippen LogP contribution in [0.2, 0.25) is 0 Å². The predicted octanol–water partition coefficient (Wildman–Crippen LogP) is 7.11. The number of phenolic OH excluding ortho intramolecular Hbond substituents is 1. The van der Waals surface area contributed by atoms with Crippen LogP contribution >= 0.6 is 0 Å². The average molecular weight is 359 g/mol. The number of rotatable bonds is 2. The highest BCUT2D eigenvalue weighted by molar-refractivity contribution is 5.39. The third-order valence-corrected chi connectivity index (χ3v) is 5.62. The maximum Gasteiger partial charge on any atom is 0.115 e. The van der Waals surface area contributed by atoms with Crippen molar-refractivity contribution in [2.75, 3.05) is 0 Å². The third kappa shape index (κ3) is 5.23. The van der Waals surface area contributed by atoms with Crippen LogP contribution in [-0.2, 0) is 5.41 Å². The zero-order valence-electron chi connectivity index (χ0n) is 16.1. The molecule has 140 valence electrons. The van der Waals surface area contributed by atoms with Crippen molar-refractivity contribution >= 4 is 0 Å². The predicted molar refractivity (Wildman–Crippen MR) is 114 cm³/mol. The van der Waals surface area contributed by atoms with E-state index in [1.54, 1.807) is 24.3 Å². The van der Waals surface area contributed by atoms with E-state index in [1.165, 1.54) is 56.1 Å². The van der Waals surface area contributed by atoms with Gasteiger partial charge in [0.15, 0.2) is 0 Å². The lowest BCUT2D eigenvalue weighted by atomic mass is 9.67. The monoisotopic (exact) mass is 358 g/mol. The van der Waals surface area contributed by atoms with Crippen LogP contribution in [0.4, 0.5) is 0 Å². The first kappa shape index (κ1) is 19.2. The van der Waals surface area contributed by atoms with E-state index in [0.29, 0.717) is 5.75 Å². The first-order valence-electron chi connectivity index (χ1n) is 10.2. The molecule has 0 unspecified atom stereocenters. The molecule has 1 aliphatic carbocycles. The Bertz CT molecular complexity index is 716.